The third-order valence-corrected chi connectivity index (χ3v) is 5.58. The second-order valence-corrected chi connectivity index (χ2v) is 6.96. The fourth-order valence-corrected chi connectivity index (χ4v) is 4.37. The number of nitrogens with one attached hydrogen (secondary N) is 1. The Hall–Kier alpha value is -0.570. The van der Waals surface area contributed by atoms with Gasteiger partial charge in [-0.05, 0) is 38.5 Å². The van der Waals surface area contributed by atoms with Crippen molar-refractivity contribution in [1.29, 1.82) is 0 Å². The standard InChI is InChI=1S/C15H26N2O/c1-15(2)13-9-16-8-12(13)10-17(15)14(18)11-6-4-3-5-7-11/h11-13,16H,3-10H2,1-2H3. The number of fused-ring (bicyclic) bond motifs is 1. The second-order valence-electron chi connectivity index (χ2n) is 6.96. The fraction of sp³-hybridized carbons (Fsp3) is 0.933. The number of likely N-dealkylation sites (tertiary alicyclic amines) is 1. The van der Waals surface area contributed by atoms with Gasteiger partial charge >= 0.3 is 0 Å². The Balaban J connectivity index is 1.74. The van der Waals surface area contributed by atoms with Gasteiger partial charge in [-0.15, -0.1) is 0 Å². The van der Waals surface area contributed by atoms with Gasteiger partial charge in [0.2, 0.25) is 5.91 Å². The van der Waals surface area contributed by atoms with E-state index in [9.17, 15) is 4.79 Å². The molecule has 1 aliphatic carbocycles. The fourth-order valence-electron chi connectivity index (χ4n) is 4.37. The van der Waals surface area contributed by atoms with E-state index in [2.05, 4.69) is 24.1 Å². The summed E-state index contributed by atoms with van der Waals surface area (Å²) in [6.45, 7) is 7.71. The molecule has 18 heavy (non-hydrogen) atoms. The van der Waals surface area contributed by atoms with E-state index in [-0.39, 0.29) is 5.54 Å². The summed E-state index contributed by atoms with van der Waals surface area (Å²) in [5, 5.41) is 3.48. The van der Waals surface area contributed by atoms with Crippen LogP contribution in [-0.4, -0.2) is 36.0 Å². The molecular weight excluding hydrogens is 224 g/mol. The van der Waals surface area contributed by atoms with Crippen LogP contribution in [0.15, 0.2) is 0 Å². The van der Waals surface area contributed by atoms with E-state index < -0.39 is 0 Å². The van der Waals surface area contributed by atoms with Crippen molar-refractivity contribution >= 4 is 5.91 Å². The number of rotatable bonds is 1. The van der Waals surface area contributed by atoms with Crippen molar-refractivity contribution in [3.8, 4) is 0 Å². The number of carbonyl (C=O) groups excluding carboxylic acids is 1. The van der Waals surface area contributed by atoms with Crippen LogP contribution in [0.4, 0.5) is 0 Å². The van der Waals surface area contributed by atoms with Gasteiger partial charge < -0.3 is 10.2 Å². The first kappa shape index (κ1) is 12.5. The molecule has 2 heterocycles. The molecule has 0 aromatic rings. The number of hydrogen-bond donors (Lipinski definition) is 1. The molecule has 2 saturated heterocycles. The van der Waals surface area contributed by atoms with Gasteiger partial charge in [0.05, 0.1) is 0 Å². The topological polar surface area (TPSA) is 32.3 Å². The van der Waals surface area contributed by atoms with Crippen molar-refractivity contribution in [3.05, 3.63) is 0 Å². The highest BCUT2D eigenvalue weighted by atomic mass is 16.2. The summed E-state index contributed by atoms with van der Waals surface area (Å²) >= 11 is 0. The van der Waals surface area contributed by atoms with Crippen LogP contribution in [-0.2, 0) is 4.79 Å². The highest BCUT2D eigenvalue weighted by Crippen LogP contribution is 2.42. The van der Waals surface area contributed by atoms with Crippen LogP contribution >= 0.6 is 0 Å². The summed E-state index contributed by atoms with van der Waals surface area (Å²) in [7, 11) is 0. The zero-order chi connectivity index (χ0) is 12.8. The number of amides is 1. The van der Waals surface area contributed by atoms with E-state index >= 15 is 0 Å². The molecule has 102 valence electrons. The number of hydrogen-bond acceptors (Lipinski definition) is 2. The van der Waals surface area contributed by atoms with Crippen molar-refractivity contribution in [2.24, 2.45) is 17.8 Å². The van der Waals surface area contributed by atoms with Crippen molar-refractivity contribution < 1.29 is 4.79 Å². The summed E-state index contributed by atoms with van der Waals surface area (Å²) < 4.78 is 0. The summed E-state index contributed by atoms with van der Waals surface area (Å²) in [5.41, 5.74) is 0.0582. The minimum Gasteiger partial charge on any atom is -0.337 e. The zero-order valence-electron chi connectivity index (χ0n) is 11.7. The average Bonchev–Trinajstić information content (AvgIpc) is 2.92. The van der Waals surface area contributed by atoms with Crippen molar-refractivity contribution in [1.82, 2.24) is 10.2 Å². The molecule has 0 aromatic carbocycles. The summed E-state index contributed by atoms with van der Waals surface area (Å²) in [6, 6.07) is 0. The monoisotopic (exact) mass is 250 g/mol. The van der Waals surface area contributed by atoms with Crippen LogP contribution in [0, 0.1) is 17.8 Å². The Bertz CT molecular complexity index is 333. The highest BCUT2D eigenvalue weighted by Gasteiger charge is 2.51. The molecule has 0 spiro atoms. The largest absolute Gasteiger partial charge is 0.337 e. The Labute approximate surface area is 110 Å². The lowest BCUT2D eigenvalue weighted by Gasteiger charge is -2.38. The molecule has 1 saturated carbocycles. The zero-order valence-corrected chi connectivity index (χ0v) is 11.7. The highest BCUT2D eigenvalue weighted by molar-refractivity contribution is 5.80. The van der Waals surface area contributed by atoms with Crippen LogP contribution in [0.1, 0.15) is 46.0 Å². The third kappa shape index (κ3) is 1.87. The molecule has 2 atom stereocenters. The lowest BCUT2D eigenvalue weighted by Crippen LogP contribution is -2.50. The van der Waals surface area contributed by atoms with Gasteiger partial charge in [0, 0.05) is 31.1 Å². The predicted octanol–water partition coefficient (Wildman–Crippen LogP) is 2.02. The van der Waals surface area contributed by atoms with Gasteiger partial charge in [0.25, 0.3) is 0 Å². The van der Waals surface area contributed by atoms with Gasteiger partial charge in [-0.25, -0.2) is 0 Å². The molecule has 2 unspecified atom stereocenters. The SMILES string of the molecule is CC1(C)C2CNCC2CN1C(=O)C1CCCCC1. The number of nitrogens with zero attached hydrogens (tertiary/aromatic N) is 1. The molecule has 0 radical (unpaired) electrons. The van der Waals surface area contributed by atoms with Gasteiger partial charge in [0.1, 0.15) is 0 Å². The molecule has 3 rings (SSSR count). The van der Waals surface area contributed by atoms with Gasteiger partial charge in [0.15, 0.2) is 0 Å². The van der Waals surface area contributed by atoms with Gasteiger partial charge in [-0.3, -0.25) is 4.79 Å². The minimum atomic E-state index is 0.0582. The van der Waals surface area contributed by atoms with E-state index in [1.54, 1.807) is 0 Å². The molecule has 3 heteroatoms. The van der Waals surface area contributed by atoms with Gasteiger partial charge in [-0.1, -0.05) is 19.3 Å². The van der Waals surface area contributed by atoms with E-state index in [4.69, 9.17) is 0 Å². The average molecular weight is 250 g/mol. The van der Waals surface area contributed by atoms with E-state index in [1.165, 1.54) is 19.3 Å². The Morgan fingerprint density at radius 1 is 1.17 bits per heavy atom. The second kappa shape index (κ2) is 4.52. The molecule has 2 aliphatic heterocycles. The van der Waals surface area contributed by atoms with Crippen molar-refractivity contribution in [2.75, 3.05) is 19.6 Å². The molecular formula is C15H26N2O. The predicted molar refractivity (Wildman–Crippen MR) is 72.2 cm³/mol. The van der Waals surface area contributed by atoms with E-state index in [0.717, 1.165) is 32.5 Å². The van der Waals surface area contributed by atoms with E-state index in [0.29, 0.717) is 23.7 Å². The molecule has 3 nitrogen and oxygen atoms in total. The van der Waals surface area contributed by atoms with Crippen LogP contribution < -0.4 is 5.32 Å². The Kier molecular flexibility index (Phi) is 3.13. The summed E-state index contributed by atoms with van der Waals surface area (Å²) in [6.07, 6.45) is 6.07. The normalized spacial score (nSPS) is 35.8. The lowest BCUT2D eigenvalue weighted by atomic mass is 9.83. The van der Waals surface area contributed by atoms with Crippen LogP contribution in [0.2, 0.25) is 0 Å². The molecule has 1 N–H and O–H groups in total. The van der Waals surface area contributed by atoms with Crippen LogP contribution in [0.5, 0.6) is 0 Å². The quantitative estimate of drug-likeness (QED) is 0.772. The Morgan fingerprint density at radius 3 is 2.56 bits per heavy atom. The van der Waals surface area contributed by atoms with E-state index in [1.807, 2.05) is 0 Å². The molecule has 3 fully saturated rings. The maximum atomic E-state index is 12.8. The summed E-state index contributed by atoms with van der Waals surface area (Å²) in [5.74, 6) is 2.12. The first-order chi connectivity index (χ1) is 8.60. The van der Waals surface area contributed by atoms with Crippen LogP contribution in [0.25, 0.3) is 0 Å². The van der Waals surface area contributed by atoms with Crippen molar-refractivity contribution in [3.63, 3.8) is 0 Å². The number of carbonyl (C=O) groups is 1. The maximum absolute atomic E-state index is 12.8. The summed E-state index contributed by atoms with van der Waals surface area (Å²) in [4.78, 5) is 15.0. The first-order valence-electron chi connectivity index (χ1n) is 7.63. The molecule has 0 bridgehead atoms. The minimum absolute atomic E-state index is 0.0582. The van der Waals surface area contributed by atoms with Crippen molar-refractivity contribution in [2.45, 2.75) is 51.5 Å². The maximum Gasteiger partial charge on any atom is 0.226 e. The third-order valence-electron chi connectivity index (χ3n) is 5.58. The molecule has 1 amide bonds. The van der Waals surface area contributed by atoms with Crippen LogP contribution in [0.3, 0.4) is 0 Å². The molecule has 3 aliphatic rings. The van der Waals surface area contributed by atoms with Gasteiger partial charge in [-0.2, -0.15) is 0 Å². The Morgan fingerprint density at radius 2 is 1.89 bits per heavy atom. The molecule has 0 aromatic heterocycles. The smallest absolute Gasteiger partial charge is 0.226 e. The lowest BCUT2D eigenvalue weighted by molar-refractivity contribution is -0.140. The first-order valence-corrected chi connectivity index (χ1v) is 7.63.